The van der Waals surface area contributed by atoms with Crippen molar-refractivity contribution in [2.45, 2.75) is 39.7 Å². The molecule has 1 N–H and O–H groups in total. The molecule has 1 fully saturated rings. The molecule has 1 aliphatic rings. The summed E-state index contributed by atoms with van der Waals surface area (Å²) in [5.41, 5.74) is 3.22. The number of aromatic nitrogens is 1. The third-order valence-corrected chi connectivity index (χ3v) is 5.67. The first-order valence-corrected chi connectivity index (χ1v) is 10.7. The molecule has 0 spiro atoms. The number of benzene rings is 1. The van der Waals surface area contributed by atoms with Gasteiger partial charge in [-0.25, -0.2) is 4.99 Å². The van der Waals surface area contributed by atoms with Gasteiger partial charge < -0.3 is 19.4 Å². The second-order valence-corrected chi connectivity index (χ2v) is 8.23. The van der Waals surface area contributed by atoms with E-state index in [1.54, 1.807) is 21.1 Å². The number of nitrogens with one attached hydrogen (secondary N) is 1. The van der Waals surface area contributed by atoms with E-state index in [1.165, 1.54) is 0 Å². The standard InChI is InChI=1S/C26H31N3O3/c1-8-9-19-10-11-20(16-23(19)32-7)21-12-13-22(31-6)24(29(21)5)28-18(4)26(14-15-26)25(30)27-17(2)3/h10-13,16-17H,4,14-15H2,1-3,5-7H3,(H,27,30). The van der Waals surface area contributed by atoms with Crippen LogP contribution in [-0.2, 0) is 11.8 Å². The number of methoxy groups -OCH3 is 2. The van der Waals surface area contributed by atoms with E-state index in [1.807, 2.05) is 55.8 Å². The van der Waals surface area contributed by atoms with Crippen LogP contribution in [0, 0.1) is 17.3 Å². The molecule has 1 amide bonds. The van der Waals surface area contributed by atoms with Gasteiger partial charge in [0.05, 0.1) is 30.9 Å². The quantitative estimate of drug-likeness (QED) is 0.676. The highest BCUT2D eigenvalue weighted by atomic mass is 16.5. The molecule has 168 valence electrons. The lowest BCUT2D eigenvalue weighted by molar-refractivity contribution is -0.125. The SMILES string of the molecule is C=C(N=c1c(OC)ccc(-c2ccc(C#CC)c(OC)c2)n1C)C1(C(=O)NC(C)C)CC1. The molecule has 1 aliphatic carbocycles. The Labute approximate surface area is 190 Å². The normalized spacial score (nSPS) is 14.4. The lowest BCUT2D eigenvalue weighted by Crippen LogP contribution is -2.37. The highest BCUT2D eigenvalue weighted by molar-refractivity contribution is 5.88. The number of amides is 1. The summed E-state index contributed by atoms with van der Waals surface area (Å²) in [7, 11) is 5.16. The lowest BCUT2D eigenvalue weighted by Gasteiger charge is -2.18. The molecule has 0 aliphatic heterocycles. The molecule has 1 heterocycles. The van der Waals surface area contributed by atoms with E-state index < -0.39 is 5.41 Å². The monoisotopic (exact) mass is 433 g/mol. The Bertz CT molecular complexity index is 1180. The van der Waals surface area contributed by atoms with Crippen LogP contribution in [0.5, 0.6) is 11.5 Å². The minimum Gasteiger partial charge on any atom is -0.495 e. The van der Waals surface area contributed by atoms with Crippen molar-refractivity contribution in [2.24, 2.45) is 17.5 Å². The molecule has 32 heavy (non-hydrogen) atoms. The highest BCUT2D eigenvalue weighted by Crippen LogP contribution is 2.52. The first-order valence-electron chi connectivity index (χ1n) is 10.7. The van der Waals surface area contributed by atoms with E-state index >= 15 is 0 Å². The van der Waals surface area contributed by atoms with Crippen molar-refractivity contribution in [1.82, 2.24) is 9.88 Å². The van der Waals surface area contributed by atoms with E-state index in [4.69, 9.17) is 14.5 Å². The van der Waals surface area contributed by atoms with Crippen LogP contribution in [0.4, 0.5) is 0 Å². The Hall–Kier alpha value is -3.46. The van der Waals surface area contributed by atoms with Crippen molar-refractivity contribution in [3.05, 3.63) is 53.7 Å². The van der Waals surface area contributed by atoms with E-state index in [0.29, 0.717) is 22.7 Å². The number of ether oxygens (including phenoxy) is 2. The molecule has 2 aromatic rings. The minimum atomic E-state index is -0.637. The third kappa shape index (κ3) is 4.43. The first kappa shape index (κ1) is 23.2. The molecular weight excluding hydrogens is 402 g/mol. The summed E-state index contributed by atoms with van der Waals surface area (Å²) in [4.78, 5) is 17.6. The maximum atomic E-state index is 12.8. The summed E-state index contributed by atoms with van der Waals surface area (Å²) >= 11 is 0. The zero-order chi connectivity index (χ0) is 23.5. The van der Waals surface area contributed by atoms with Gasteiger partial charge in [0.2, 0.25) is 5.91 Å². The molecule has 6 heteroatoms. The van der Waals surface area contributed by atoms with E-state index in [-0.39, 0.29) is 11.9 Å². The van der Waals surface area contributed by atoms with Crippen LogP contribution < -0.4 is 20.3 Å². The Morgan fingerprint density at radius 2 is 1.88 bits per heavy atom. The van der Waals surface area contributed by atoms with Crippen molar-refractivity contribution in [2.75, 3.05) is 14.2 Å². The highest BCUT2D eigenvalue weighted by Gasteiger charge is 2.52. The van der Waals surface area contributed by atoms with Gasteiger partial charge in [-0.1, -0.05) is 18.6 Å². The number of carbonyl (C=O) groups excluding carboxylic acids is 1. The van der Waals surface area contributed by atoms with Crippen LogP contribution in [0.25, 0.3) is 11.3 Å². The Morgan fingerprint density at radius 1 is 1.19 bits per heavy atom. The van der Waals surface area contributed by atoms with Gasteiger partial charge in [0.15, 0.2) is 11.2 Å². The summed E-state index contributed by atoms with van der Waals surface area (Å²) < 4.78 is 13.0. The van der Waals surface area contributed by atoms with Gasteiger partial charge in [0, 0.05) is 24.3 Å². The van der Waals surface area contributed by atoms with Gasteiger partial charge in [-0.15, -0.1) is 5.92 Å². The van der Waals surface area contributed by atoms with E-state index in [2.05, 4.69) is 23.7 Å². The predicted molar refractivity (Wildman–Crippen MR) is 126 cm³/mol. The van der Waals surface area contributed by atoms with E-state index in [9.17, 15) is 4.79 Å². The Balaban J connectivity index is 2.09. The van der Waals surface area contributed by atoms with Crippen molar-refractivity contribution in [1.29, 1.82) is 0 Å². The largest absolute Gasteiger partial charge is 0.495 e. The maximum Gasteiger partial charge on any atom is 0.232 e. The number of nitrogens with zero attached hydrogens (tertiary/aromatic N) is 2. The van der Waals surface area contributed by atoms with Crippen LogP contribution in [0.3, 0.4) is 0 Å². The zero-order valence-electron chi connectivity index (χ0n) is 19.7. The van der Waals surface area contributed by atoms with Crippen molar-refractivity contribution in [3.63, 3.8) is 0 Å². The van der Waals surface area contributed by atoms with Gasteiger partial charge in [-0.05, 0) is 57.9 Å². The number of carbonyl (C=O) groups is 1. The van der Waals surface area contributed by atoms with Gasteiger partial charge in [0.25, 0.3) is 0 Å². The fraction of sp³-hybridized carbons (Fsp3) is 0.385. The summed E-state index contributed by atoms with van der Waals surface area (Å²) in [6.45, 7) is 9.86. The fourth-order valence-electron chi connectivity index (χ4n) is 3.69. The average Bonchev–Trinajstić information content (AvgIpc) is 3.57. The summed E-state index contributed by atoms with van der Waals surface area (Å²) in [6, 6.07) is 9.82. The summed E-state index contributed by atoms with van der Waals surface area (Å²) in [5, 5.41) is 3.00. The molecule has 3 rings (SSSR count). The smallest absolute Gasteiger partial charge is 0.232 e. The van der Waals surface area contributed by atoms with Gasteiger partial charge >= 0.3 is 0 Å². The zero-order valence-corrected chi connectivity index (χ0v) is 19.7. The van der Waals surface area contributed by atoms with Crippen molar-refractivity contribution in [3.8, 4) is 34.6 Å². The van der Waals surface area contributed by atoms with Crippen LogP contribution >= 0.6 is 0 Å². The maximum absolute atomic E-state index is 12.8. The lowest BCUT2D eigenvalue weighted by atomic mass is 10.0. The molecule has 1 saturated carbocycles. The molecular formula is C26H31N3O3. The topological polar surface area (TPSA) is 64.8 Å². The van der Waals surface area contributed by atoms with Crippen molar-refractivity contribution < 1.29 is 14.3 Å². The third-order valence-electron chi connectivity index (χ3n) is 5.67. The number of pyridine rings is 1. The summed E-state index contributed by atoms with van der Waals surface area (Å²) in [5.74, 6) is 7.26. The molecule has 1 aromatic carbocycles. The second-order valence-electron chi connectivity index (χ2n) is 8.23. The number of rotatable bonds is 7. The molecule has 0 saturated heterocycles. The molecule has 6 nitrogen and oxygen atoms in total. The molecule has 0 radical (unpaired) electrons. The first-order chi connectivity index (χ1) is 15.3. The number of hydrogen-bond donors (Lipinski definition) is 1. The van der Waals surface area contributed by atoms with Crippen LogP contribution in [0.15, 0.2) is 47.6 Å². The Morgan fingerprint density at radius 3 is 2.44 bits per heavy atom. The van der Waals surface area contributed by atoms with Crippen LogP contribution in [0.1, 0.15) is 39.2 Å². The van der Waals surface area contributed by atoms with Gasteiger partial charge in [-0.3, -0.25) is 4.79 Å². The van der Waals surface area contributed by atoms with Crippen LogP contribution in [0.2, 0.25) is 0 Å². The van der Waals surface area contributed by atoms with Crippen molar-refractivity contribution >= 4 is 5.91 Å². The minimum absolute atomic E-state index is 0.0172. The second kappa shape index (κ2) is 9.35. The van der Waals surface area contributed by atoms with Gasteiger partial charge in [0.1, 0.15) is 5.75 Å². The fourth-order valence-corrected chi connectivity index (χ4v) is 3.69. The predicted octanol–water partition coefficient (Wildman–Crippen LogP) is 3.80. The van der Waals surface area contributed by atoms with Gasteiger partial charge in [-0.2, -0.15) is 0 Å². The molecule has 0 bridgehead atoms. The number of hydrogen-bond acceptors (Lipinski definition) is 4. The van der Waals surface area contributed by atoms with E-state index in [0.717, 1.165) is 29.7 Å². The molecule has 1 aromatic heterocycles. The average molecular weight is 434 g/mol. The Kier molecular flexibility index (Phi) is 6.78. The summed E-state index contributed by atoms with van der Waals surface area (Å²) in [6.07, 6.45) is 1.49. The molecule has 0 unspecified atom stereocenters. The van der Waals surface area contributed by atoms with Crippen LogP contribution in [-0.4, -0.2) is 30.7 Å². The molecule has 0 atom stereocenters.